The van der Waals surface area contributed by atoms with Gasteiger partial charge in [0.1, 0.15) is 5.75 Å². The van der Waals surface area contributed by atoms with Crippen molar-refractivity contribution in [1.29, 1.82) is 0 Å². The number of benzene rings is 2. The molecule has 1 heterocycles. The highest BCUT2D eigenvalue weighted by atomic mass is 32.2. The molecule has 0 radical (unpaired) electrons. The van der Waals surface area contributed by atoms with Gasteiger partial charge < -0.3 is 15.0 Å². The zero-order valence-corrected chi connectivity index (χ0v) is 14.8. The maximum Gasteiger partial charge on any atom is 0.239 e. The highest BCUT2D eigenvalue weighted by Crippen LogP contribution is 2.37. The number of thioether (sulfide) groups is 1. The second-order valence-corrected chi connectivity index (χ2v) is 7.35. The molecule has 0 bridgehead atoms. The first-order valence-electron chi connectivity index (χ1n) is 8.06. The molecule has 1 aliphatic heterocycles. The maximum absolute atomic E-state index is 12.4. The fourth-order valence-corrected chi connectivity index (χ4v) is 4.07. The van der Waals surface area contributed by atoms with Crippen molar-refractivity contribution in [3.8, 4) is 5.75 Å². The van der Waals surface area contributed by atoms with Gasteiger partial charge in [0.15, 0.2) is 0 Å². The Labute approximate surface area is 147 Å². The van der Waals surface area contributed by atoms with Crippen LogP contribution in [0.4, 0.5) is 5.69 Å². The molecule has 0 saturated carbocycles. The van der Waals surface area contributed by atoms with Crippen molar-refractivity contribution < 1.29 is 9.53 Å². The molecule has 3 rings (SSSR count). The van der Waals surface area contributed by atoms with Crippen LogP contribution in [0.15, 0.2) is 53.4 Å². The average molecular weight is 342 g/mol. The number of para-hydroxylation sites is 2. The molecule has 5 heteroatoms. The SMILES string of the molecule is COc1ccccc1CNC(=O)CN1C[C@@H](C)Sc2ccccc21. The van der Waals surface area contributed by atoms with Crippen molar-refractivity contribution in [2.75, 3.05) is 25.1 Å². The molecule has 0 aliphatic carbocycles. The first-order chi connectivity index (χ1) is 11.7. The minimum Gasteiger partial charge on any atom is -0.496 e. The van der Waals surface area contributed by atoms with Gasteiger partial charge >= 0.3 is 0 Å². The topological polar surface area (TPSA) is 41.6 Å². The lowest BCUT2D eigenvalue weighted by Crippen LogP contribution is -2.41. The van der Waals surface area contributed by atoms with Crippen molar-refractivity contribution in [3.63, 3.8) is 0 Å². The Hall–Kier alpha value is -2.14. The van der Waals surface area contributed by atoms with Gasteiger partial charge in [-0.3, -0.25) is 4.79 Å². The van der Waals surface area contributed by atoms with E-state index in [1.807, 2.05) is 48.2 Å². The van der Waals surface area contributed by atoms with Crippen molar-refractivity contribution >= 4 is 23.4 Å². The largest absolute Gasteiger partial charge is 0.496 e. The van der Waals surface area contributed by atoms with E-state index >= 15 is 0 Å². The smallest absolute Gasteiger partial charge is 0.239 e. The lowest BCUT2D eigenvalue weighted by molar-refractivity contribution is -0.119. The van der Waals surface area contributed by atoms with Gasteiger partial charge in [-0.15, -0.1) is 11.8 Å². The first kappa shape index (κ1) is 16.7. The van der Waals surface area contributed by atoms with Gasteiger partial charge in [-0.2, -0.15) is 0 Å². The number of anilines is 1. The zero-order chi connectivity index (χ0) is 16.9. The van der Waals surface area contributed by atoms with Crippen molar-refractivity contribution in [2.45, 2.75) is 23.6 Å². The molecule has 1 aliphatic rings. The lowest BCUT2D eigenvalue weighted by atomic mass is 10.2. The van der Waals surface area contributed by atoms with E-state index in [2.05, 4.69) is 29.3 Å². The van der Waals surface area contributed by atoms with Crippen molar-refractivity contribution in [2.24, 2.45) is 0 Å². The summed E-state index contributed by atoms with van der Waals surface area (Å²) in [5.41, 5.74) is 2.13. The van der Waals surface area contributed by atoms with Gasteiger partial charge in [-0.05, 0) is 18.2 Å². The number of rotatable bonds is 5. The predicted octanol–water partition coefficient (Wildman–Crippen LogP) is 3.31. The Balaban J connectivity index is 1.63. The van der Waals surface area contributed by atoms with E-state index in [1.165, 1.54) is 4.90 Å². The summed E-state index contributed by atoms with van der Waals surface area (Å²) in [5, 5.41) is 3.47. The summed E-state index contributed by atoms with van der Waals surface area (Å²) in [6.45, 7) is 3.92. The fraction of sp³-hybridized carbons (Fsp3) is 0.316. The third-order valence-electron chi connectivity index (χ3n) is 4.01. The second kappa shape index (κ2) is 7.62. The van der Waals surface area contributed by atoms with E-state index in [0.717, 1.165) is 23.5 Å². The van der Waals surface area contributed by atoms with Crippen LogP contribution in [0.2, 0.25) is 0 Å². The van der Waals surface area contributed by atoms with Crippen LogP contribution in [-0.2, 0) is 11.3 Å². The van der Waals surface area contributed by atoms with Crippen LogP contribution in [0.3, 0.4) is 0 Å². The molecule has 2 aromatic rings. The normalized spacial score (nSPS) is 16.4. The van der Waals surface area contributed by atoms with Gasteiger partial charge in [-0.1, -0.05) is 37.3 Å². The van der Waals surface area contributed by atoms with E-state index in [-0.39, 0.29) is 5.91 Å². The van der Waals surface area contributed by atoms with Gasteiger partial charge in [0.05, 0.1) is 19.3 Å². The average Bonchev–Trinajstić information content (AvgIpc) is 2.60. The van der Waals surface area contributed by atoms with Crippen LogP contribution >= 0.6 is 11.8 Å². The third-order valence-corrected chi connectivity index (χ3v) is 5.17. The molecule has 0 unspecified atom stereocenters. The summed E-state index contributed by atoms with van der Waals surface area (Å²) in [4.78, 5) is 15.8. The highest BCUT2D eigenvalue weighted by Gasteiger charge is 2.23. The van der Waals surface area contributed by atoms with E-state index in [1.54, 1.807) is 7.11 Å². The molecule has 1 N–H and O–H groups in total. The Morgan fingerprint density at radius 1 is 1.25 bits per heavy atom. The van der Waals surface area contributed by atoms with Crippen LogP contribution < -0.4 is 15.0 Å². The summed E-state index contributed by atoms with van der Waals surface area (Å²) in [7, 11) is 1.64. The Morgan fingerprint density at radius 2 is 2.00 bits per heavy atom. The predicted molar refractivity (Wildman–Crippen MR) is 98.8 cm³/mol. The number of methoxy groups -OCH3 is 1. The van der Waals surface area contributed by atoms with Crippen molar-refractivity contribution in [1.82, 2.24) is 5.32 Å². The summed E-state index contributed by atoms with van der Waals surface area (Å²) in [6, 6.07) is 16.0. The number of nitrogens with zero attached hydrogens (tertiary/aromatic N) is 1. The van der Waals surface area contributed by atoms with Gasteiger partial charge in [-0.25, -0.2) is 0 Å². The molecule has 0 spiro atoms. The number of fused-ring (bicyclic) bond motifs is 1. The van der Waals surface area contributed by atoms with Crippen LogP contribution in [0.5, 0.6) is 5.75 Å². The van der Waals surface area contributed by atoms with Gasteiger partial charge in [0.25, 0.3) is 0 Å². The fourth-order valence-electron chi connectivity index (χ4n) is 2.90. The molecule has 0 fully saturated rings. The maximum atomic E-state index is 12.4. The monoisotopic (exact) mass is 342 g/mol. The number of amides is 1. The summed E-state index contributed by atoms with van der Waals surface area (Å²) < 4.78 is 5.32. The molecule has 126 valence electrons. The molecular formula is C19H22N2O2S. The third kappa shape index (κ3) is 3.85. The standard InChI is InChI=1S/C19H22N2O2S/c1-14-12-21(16-8-4-6-10-18(16)24-14)13-19(22)20-11-15-7-3-5-9-17(15)23-2/h3-10,14H,11-13H2,1-2H3,(H,20,22)/t14-/m1/s1. The van der Waals surface area contributed by atoms with Gasteiger partial charge in [0.2, 0.25) is 5.91 Å². The van der Waals surface area contributed by atoms with Crippen LogP contribution in [0.25, 0.3) is 0 Å². The molecule has 0 saturated heterocycles. The van der Waals surface area contributed by atoms with Crippen molar-refractivity contribution in [3.05, 3.63) is 54.1 Å². The Bertz CT molecular complexity index is 720. The molecule has 0 aromatic heterocycles. The van der Waals surface area contributed by atoms with Crippen LogP contribution in [0.1, 0.15) is 12.5 Å². The molecule has 1 atom stereocenters. The summed E-state index contributed by atoms with van der Waals surface area (Å²) in [5.74, 6) is 0.820. The first-order valence-corrected chi connectivity index (χ1v) is 8.94. The van der Waals surface area contributed by atoms with E-state index in [4.69, 9.17) is 4.74 Å². The molecule has 1 amide bonds. The summed E-state index contributed by atoms with van der Waals surface area (Å²) in [6.07, 6.45) is 0. The minimum atomic E-state index is 0.0230. The molecule has 4 nitrogen and oxygen atoms in total. The van der Waals surface area contributed by atoms with Crippen LogP contribution in [-0.4, -0.2) is 31.4 Å². The quantitative estimate of drug-likeness (QED) is 0.905. The number of ether oxygens (including phenoxy) is 1. The highest BCUT2D eigenvalue weighted by molar-refractivity contribution is 8.00. The zero-order valence-electron chi connectivity index (χ0n) is 14.0. The van der Waals surface area contributed by atoms with E-state index < -0.39 is 0 Å². The lowest BCUT2D eigenvalue weighted by Gasteiger charge is -2.33. The van der Waals surface area contributed by atoms with E-state index in [0.29, 0.717) is 18.3 Å². The number of hydrogen-bond acceptors (Lipinski definition) is 4. The van der Waals surface area contributed by atoms with Gasteiger partial charge in [0, 0.05) is 28.8 Å². The Kier molecular flexibility index (Phi) is 5.30. The summed E-state index contributed by atoms with van der Waals surface area (Å²) >= 11 is 1.87. The number of hydrogen-bond donors (Lipinski definition) is 1. The number of carbonyl (C=O) groups excluding carboxylic acids is 1. The van der Waals surface area contributed by atoms with Crippen LogP contribution in [0, 0.1) is 0 Å². The van der Waals surface area contributed by atoms with E-state index in [9.17, 15) is 4.79 Å². The molecule has 2 aromatic carbocycles. The minimum absolute atomic E-state index is 0.0230. The second-order valence-electron chi connectivity index (χ2n) is 5.87. The number of carbonyl (C=O) groups is 1. The molecular weight excluding hydrogens is 320 g/mol. The molecule has 24 heavy (non-hydrogen) atoms. The Morgan fingerprint density at radius 3 is 2.83 bits per heavy atom. The number of nitrogens with one attached hydrogen (secondary N) is 1.